The smallest absolute Gasteiger partial charge is 0.178 e. The molecule has 0 aliphatic carbocycles. The largest absolute Gasteiger partial charge is 0.490 e. The van der Waals surface area contributed by atoms with Crippen molar-refractivity contribution in [1.82, 2.24) is 19.5 Å². The summed E-state index contributed by atoms with van der Waals surface area (Å²) in [7, 11) is -3.33. The third-order valence-electron chi connectivity index (χ3n) is 5.58. The maximum atomic E-state index is 12.5. The number of nitrogens with zero attached hydrogens (tertiary/aromatic N) is 3. The minimum absolute atomic E-state index is 0.0438. The first-order chi connectivity index (χ1) is 16.0. The number of benzene rings is 2. The molecule has 1 N–H and O–H groups in total. The Bertz CT molecular complexity index is 1560. The lowest BCUT2D eigenvalue weighted by Gasteiger charge is -2.12. The molecule has 0 bridgehead atoms. The molecule has 0 saturated carbocycles. The normalized spacial score (nSPS) is 11.9. The van der Waals surface area contributed by atoms with E-state index in [4.69, 9.17) is 16.3 Å². The van der Waals surface area contributed by atoms with Gasteiger partial charge in [-0.3, -0.25) is 0 Å². The van der Waals surface area contributed by atoms with E-state index in [-0.39, 0.29) is 5.75 Å². The standard InChI is InChI=1S/C24H21ClN4O3S/c1-2-33(30,31)18-5-3-4-16(12-18)19-6-7-21(32-11-10-29-9-8-26-15-29)23-22(19)20-13-17(25)14-27-24(20)28-23/h3-9,12-15H,2,10-11H2,1H3,(H,27,28). The fourth-order valence-electron chi connectivity index (χ4n) is 3.90. The number of aromatic amines is 1. The van der Waals surface area contributed by atoms with E-state index in [1.165, 1.54) is 0 Å². The van der Waals surface area contributed by atoms with Gasteiger partial charge in [-0.05, 0) is 41.5 Å². The number of sulfone groups is 1. The molecule has 33 heavy (non-hydrogen) atoms. The van der Waals surface area contributed by atoms with E-state index in [1.54, 1.807) is 43.8 Å². The number of halogens is 1. The first kappa shape index (κ1) is 21.5. The highest BCUT2D eigenvalue weighted by molar-refractivity contribution is 7.91. The van der Waals surface area contributed by atoms with Crippen LogP contribution in [0.3, 0.4) is 0 Å². The second-order valence-corrected chi connectivity index (χ2v) is 10.3. The van der Waals surface area contributed by atoms with Crippen LogP contribution in [0.5, 0.6) is 5.75 Å². The molecule has 0 fully saturated rings. The summed E-state index contributed by atoms with van der Waals surface area (Å²) < 4.78 is 33.0. The average molecular weight is 481 g/mol. The van der Waals surface area contributed by atoms with Gasteiger partial charge in [0.25, 0.3) is 0 Å². The van der Waals surface area contributed by atoms with Crippen molar-refractivity contribution in [1.29, 1.82) is 0 Å². The Kier molecular flexibility index (Phi) is 5.55. The summed E-state index contributed by atoms with van der Waals surface area (Å²) in [4.78, 5) is 12.1. The first-order valence-corrected chi connectivity index (χ1v) is 12.5. The lowest BCUT2D eigenvalue weighted by molar-refractivity contribution is 0.301. The molecule has 5 rings (SSSR count). The van der Waals surface area contributed by atoms with Gasteiger partial charge in [-0.25, -0.2) is 18.4 Å². The molecular weight excluding hydrogens is 460 g/mol. The SMILES string of the molecule is CCS(=O)(=O)c1cccc(-c2ccc(OCCn3ccnc3)c3[nH]c4ncc(Cl)cc4c23)c1. The number of pyridine rings is 1. The van der Waals surface area contributed by atoms with Crippen LogP contribution in [-0.2, 0) is 16.4 Å². The van der Waals surface area contributed by atoms with Crippen LogP contribution in [0.1, 0.15) is 6.92 Å². The molecule has 0 aliphatic rings. The zero-order chi connectivity index (χ0) is 23.0. The molecule has 0 atom stereocenters. The Morgan fingerprint density at radius 2 is 2.06 bits per heavy atom. The van der Waals surface area contributed by atoms with Crippen LogP contribution in [0, 0.1) is 0 Å². The van der Waals surface area contributed by atoms with Gasteiger partial charge in [0.05, 0.1) is 34.1 Å². The number of rotatable bonds is 7. The van der Waals surface area contributed by atoms with E-state index in [0.717, 1.165) is 27.4 Å². The highest BCUT2D eigenvalue weighted by Gasteiger charge is 2.18. The van der Waals surface area contributed by atoms with E-state index < -0.39 is 9.84 Å². The summed E-state index contributed by atoms with van der Waals surface area (Å²) in [5.41, 5.74) is 3.13. The summed E-state index contributed by atoms with van der Waals surface area (Å²) in [6, 6.07) is 12.7. The van der Waals surface area contributed by atoms with E-state index in [1.807, 2.05) is 35.0 Å². The number of hydrogen-bond acceptors (Lipinski definition) is 5. The quantitative estimate of drug-likeness (QED) is 0.350. The lowest BCUT2D eigenvalue weighted by atomic mass is 9.99. The van der Waals surface area contributed by atoms with Crippen molar-refractivity contribution in [2.45, 2.75) is 18.4 Å². The van der Waals surface area contributed by atoms with Gasteiger partial charge in [-0.1, -0.05) is 30.7 Å². The lowest BCUT2D eigenvalue weighted by Crippen LogP contribution is -2.06. The zero-order valence-electron chi connectivity index (χ0n) is 17.8. The van der Waals surface area contributed by atoms with Crippen molar-refractivity contribution < 1.29 is 13.2 Å². The van der Waals surface area contributed by atoms with Crippen molar-refractivity contribution in [3.63, 3.8) is 0 Å². The number of ether oxygens (including phenoxy) is 1. The molecule has 3 heterocycles. The van der Waals surface area contributed by atoms with Crippen molar-refractivity contribution in [2.24, 2.45) is 0 Å². The maximum absolute atomic E-state index is 12.5. The van der Waals surface area contributed by atoms with Crippen molar-refractivity contribution >= 4 is 43.4 Å². The zero-order valence-corrected chi connectivity index (χ0v) is 19.4. The predicted octanol–water partition coefficient (Wildman–Crippen LogP) is 5.11. The summed E-state index contributed by atoms with van der Waals surface area (Å²) in [6.07, 6.45) is 6.95. The highest BCUT2D eigenvalue weighted by atomic mass is 35.5. The van der Waals surface area contributed by atoms with E-state index >= 15 is 0 Å². The molecule has 0 unspecified atom stereocenters. The van der Waals surface area contributed by atoms with Crippen LogP contribution in [-0.4, -0.2) is 40.3 Å². The molecule has 0 aliphatic heterocycles. The molecule has 168 valence electrons. The number of hydrogen-bond donors (Lipinski definition) is 1. The predicted molar refractivity (Wildman–Crippen MR) is 129 cm³/mol. The molecule has 7 nitrogen and oxygen atoms in total. The van der Waals surface area contributed by atoms with Crippen molar-refractivity contribution in [3.05, 3.63) is 72.4 Å². The molecule has 0 spiro atoms. The minimum atomic E-state index is -3.33. The van der Waals surface area contributed by atoms with E-state index in [9.17, 15) is 8.42 Å². The Balaban J connectivity index is 1.65. The van der Waals surface area contributed by atoms with Gasteiger partial charge in [0.2, 0.25) is 0 Å². The van der Waals surface area contributed by atoms with Gasteiger partial charge in [-0.15, -0.1) is 0 Å². The van der Waals surface area contributed by atoms with Gasteiger partial charge in [0, 0.05) is 29.4 Å². The van der Waals surface area contributed by atoms with Crippen LogP contribution in [0.15, 0.2) is 72.3 Å². The molecule has 3 aromatic heterocycles. The number of nitrogens with one attached hydrogen (secondary N) is 1. The number of fused-ring (bicyclic) bond motifs is 3. The molecule has 5 aromatic rings. The van der Waals surface area contributed by atoms with Crippen LogP contribution in [0.2, 0.25) is 5.02 Å². The monoisotopic (exact) mass is 480 g/mol. The number of H-pyrrole nitrogens is 1. The van der Waals surface area contributed by atoms with Crippen LogP contribution in [0.4, 0.5) is 0 Å². The Hall–Kier alpha value is -3.36. The fraction of sp³-hybridized carbons (Fsp3) is 0.167. The molecule has 0 amide bonds. The number of imidazole rings is 1. The Morgan fingerprint density at radius 3 is 2.85 bits per heavy atom. The van der Waals surface area contributed by atoms with Crippen LogP contribution < -0.4 is 4.74 Å². The van der Waals surface area contributed by atoms with Gasteiger partial charge in [0.15, 0.2) is 9.84 Å². The Labute approximate surface area is 195 Å². The second-order valence-electron chi connectivity index (χ2n) is 7.62. The van der Waals surface area contributed by atoms with Gasteiger partial charge >= 0.3 is 0 Å². The van der Waals surface area contributed by atoms with Crippen molar-refractivity contribution in [3.8, 4) is 16.9 Å². The van der Waals surface area contributed by atoms with E-state index in [2.05, 4.69) is 15.0 Å². The second kappa shape index (κ2) is 8.53. The first-order valence-electron chi connectivity index (χ1n) is 10.5. The Morgan fingerprint density at radius 1 is 1.18 bits per heavy atom. The minimum Gasteiger partial charge on any atom is -0.490 e. The third kappa shape index (κ3) is 4.07. The average Bonchev–Trinajstić information content (AvgIpc) is 3.47. The summed E-state index contributed by atoms with van der Waals surface area (Å²) in [5.74, 6) is 0.725. The van der Waals surface area contributed by atoms with Crippen LogP contribution >= 0.6 is 11.6 Å². The molecule has 2 aromatic carbocycles. The van der Waals surface area contributed by atoms with Gasteiger partial charge in [0.1, 0.15) is 18.0 Å². The molecular formula is C24H21ClN4O3S. The number of aromatic nitrogens is 4. The fourth-order valence-corrected chi connectivity index (χ4v) is 4.98. The van der Waals surface area contributed by atoms with Crippen molar-refractivity contribution in [2.75, 3.05) is 12.4 Å². The summed E-state index contributed by atoms with van der Waals surface area (Å²) in [6.45, 7) is 2.76. The van der Waals surface area contributed by atoms with Gasteiger partial charge < -0.3 is 14.3 Å². The molecule has 9 heteroatoms. The third-order valence-corrected chi connectivity index (χ3v) is 7.52. The highest BCUT2D eigenvalue weighted by Crippen LogP contribution is 2.39. The molecule has 0 saturated heterocycles. The summed E-state index contributed by atoms with van der Waals surface area (Å²) in [5, 5.41) is 2.24. The van der Waals surface area contributed by atoms with Gasteiger partial charge in [-0.2, -0.15) is 0 Å². The maximum Gasteiger partial charge on any atom is 0.178 e. The topological polar surface area (TPSA) is 89.9 Å². The summed E-state index contributed by atoms with van der Waals surface area (Å²) >= 11 is 6.26. The molecule has 0 radical (unpaired) electrons. The van der Waals surface area contributed by atoms with E-state index in [0.29, 0.717) is 34.5 Å². The van der Waals surface area contributed by atoms with Crippen LogP contribution in [0.25, 0.3) is 33.1 Å².